The van der Waals surface area contributed by atoms with Crippen LogP contribution in [0.15, 0.2) is 12.1 Å². The van der Waals surface area contributed by atoms with E-state index in [4.69, 9.17) is 23.2 Å². The van der Waals surface area contributed by atoms with Gasteiger partial charge in [0.25, 0.3) is 5.91 Å². The summed E-state index contributed by atoms with van der Waals surface area (Å²) in [5.74, 6) is 0.0791. The zero-order chi connectivity index (χ0) is 10.8. The van der Waals surface area contributed by atoms with E-state index in [2.05, 4.69) is 0 Å². The van der Waals surface area contributed by atoms with Crippen LogP contribution in [0.3, 0.4) is 0 Å². The number of rotatable bonds is 1. The van der Waals surface area contributed by atoms with Gasteiger partial charge in [0, 0.05) is 18.5 Å². The van der Waals surface area contributed by atoms with Gasteiger partial charge in [-0.2, -0.15) is 0 Å². The van der Waals surface area contributed by atoms with Gasteiger partial charge >= 0.3 is 0 Å². The normalized spacial score (nSPS) is 18.1. The summed E-state index contributed by atoms with van der Waals surface area (Å²) in [6.07, 6.45) is 1.76. The molecule has 1 saturated heterocycles. The second kappa shape index (κ2) is 4.73. The molecule has 0 saturated carbocycles. The molecule has 1 aromatic heterocycles. The summed E-state index contributed by atoms with van der Waals surface area (Å²) in [6.45, 7) is 1.50. The minimum atomic E-state index is 0.0791. The van der Waals surface area contributed by atoms with Gasteiger partial charge in [0.2, 0.25) is 0 Å². The van der Waals surface area contributed by atoms with Crippen molar-refractivity contribution in [2.75, 3.05) is 13.1 Å². The highest BCUT2D eigenvalue weighted by molar-refractivity contribution is 7.17. The van der Waals surface area contributed by atoms with Crippen LogP contribution in [-0.4, -0.2) is 29.3 Å². The maximum absolute atomic E-state index is 12.0. The van der Waals surface area contributed by atoms with Crippen molar-refractivity contribution in [1.29, 1.82) is 0 Å². The van der Waals surface area contributed by atoms with Crippen LogP contribution in [-0.2, 0) is 0 Å². The molecule has 0 N–H and O–H groups in total. The summed E-state index contributed by atoms with van der Waals surface area (Å²) >= 11 is 13.1. The first kappa shape index (κ1) is 11.2. The first-order valence-corrected chi connectivity index (χ1v) is 6.48. The smallest absolute Gasteiger partial charge is 0.263 e. The molecule has 0 unspecified atom stereocenters. The summed E-state index contributed by atoms with van der Waals surface area (Å²) in [5, 5.41) is 0.223. The molecule has 2 heterocycles. The van der Waals surface area contributed by atoms with Crippen molar-refractivity contribution >= 4 is 40.4 Å². The van der Waals surface area contributed by atoms with E-state index in [9.17, 15) is 4.79 Å². The molecule has 0 bridgehead atoms. The molecule has 0 atom stereocenters. The lowest BCUT2D eigenvalue weighted by Crippen LogP contribution is -2.38. The minimum absolute atomic E-state index is 0.0791. The first-order chi connectivity index (χ1) is 7.16. The van der Waals surface area contributed by atoms with Crippen LogP contribution in [0.25, 0.3) is 0 Å². The van der Waals surface area contributed by atoms with E-state index in [-0.39, 0.29) is 11.3 Å². The molecule has 2 rings (SSSR count). The molecular formula is C10H11Cl2NOS. The number of hydrogen-bond donors (Lipinski definition) is 0. The Morgan fingerprint density at radius 3 is 2.60 bits per heavy atom. The average Bonchev–Trinajstić information content (AvgIpc) is 2.65. The summed E-state index contributed by atoms with van der Waals surface area (Å²) in [5.41, 5.74) is 0. The summed E-state index contributed by atoms with van der Waals surface area (Å²) in [7, 11) is 0. The van der Waals surface area contributed by atoms with Gasteiger partial charge in [-0.05, 0) is 25.0 Å². The third-order valence-corrected chi connectivity index (χ3v) is 4.15. The van der Waals surface area contributed by atoms with Crippen molar-refractivity contribution in [3.8, 4) is 0 Å². The van der Waals surface area contributed by atoms with Crippen molar-refractivity contribution in [2.45, 2.75) is 18.2 Å². The highest BCUT2D eigenvalue weighted by Gasteiger charge is 2.23. The van der Waals surface area contributed by atoms with Crippen LogP contribution in [0.5, 0.6) is 0 Å². The standard InChI is InChI=1S/C10H11Cl2NOS/c11-7-3-5-13(6-4-7)10(14)8-1-2-9(12)15-8/h1-2,7H,3-6H2. The van der Waals surface area contributed by atoms with Crippen LogP contribution >= 0.6 is 34.5 Å². The molecule has 1 aliphatic rings. The average molecular weight is 264 g/mol. The van der Waals surface area contributed by atoms with E-state index in [0.717, 1.165) is 25.9 Å². The van der Waals surface area contributed by atoms with Crippen molar-refractivity contribution in [3.05, 3.63) is 21.3 Å². The molecule has 1 aliphatic heterocycles. The number of thiophene rings is 1. The number of carbonyl (C=O) groups excluding carboxylic acids is 1. The van der Waals surface area contributed by atoms with E-state index in [0.29, 0.717) is 9.21 Å². The van der Waals surface area contributed by atoms with Crippen LogP contribution in [0.2, 0.25) is 4.34 Å². The predicted octanol–water partition coefficient (Wildman–Crippen LogP) is 3.24. The molecule has 1 fully saturated rings. The summed E-state index contributed by atoms with van der Waals surface area (Å²) in [4.78, 5) is 14.5. The zero-order valence-corrected chi connectivity index (χ0v) is 10.4. The van der Waals surface area contributed by atoms with Crippen molar-refractivity contribution in [3.63, 3.8) is 0 Å². The third kappa shape index (κ3) is 2.65. The van der Waals surface area contributed by atoms with Crippen LogP contribution in [0.1, 0.15) is 22.5 Å². The lowest BCUT2D eigenvalue weighted by molar-refractivity contribution is 0.0731. The highest BCUT2D eigenvalue weighted by atomic mass is 35.5. The first-order valence-electron chi connectivity index (χ1n) is 4.85. The fourth-order valence-electron chi connectivity index (χ4n) is 1.64. The van der Waals surface area contributed by atoms with Gasteiger partial charge in [-0.1, -0.05) is 11.6 Å². The molecule has 0 spiro atoms. The van der Waals surface area contributed by atoms with E-state index in [1.165, 1.54) is 11.3 Å². The SMILES string of the molecule is O=C(c1ccc(Cl)s1)N1CCC(Cl)CC1. The molecule has 0 aliphatic carbocycles. The quantitative estimate of drug-likeness (QED) is 0.713. The molecule has 2 nitrogen and oxygen atoms in total. The molecule has 1 amide bonds. The Bertz CT molecular complexity index is 358. The second-order valence-electron chi connectivity index (χ2n) is 3.57. The van der Waals surface area contributed by atoms with Gasteiger partial charge in [0.1, 0.15) is 0 Å². The monoisotopic (exact) mass is 263 g/mol. The Hall–Kier alpha value is -0.250. The van der Waals surface area contributed by atoms with Crippen LogP contribution in [0, 0.1) is 0 Å². The molecular weight excluding hydrogens is 253 g/mol. The van der Waals surface area contributed by atoms with Gasteiger partial charge in [0.15, 0.2) is 0 Å². The zero-order valence-electron chi connectivity index (χ0n) is 8.08. The van der Waals surface area contributed by atoms with Gasteiger partial charge < -0.3 is 4.90 Å². The minimum Gasteiger partial charge on any atom is -0.338 e. The van der Waals surface area contributed by atoms with Crippen LogP contribution < -0.4 is 0 Å². The van der Waals surface area contributed by atoms with Crippen LogP contribution in [0.4, 0.5) is 0 Å². The van der Waals surface area contributed by atoms with Gasteiger partial charge in [0.05, 0.1) is 9.21 Å². The molecule has 5 heteroatoms. The Balaban J connectivity index is 2.02. The number of alkyl halides is 1. The van der Waals surface area contributed by atoms with E-state index >= 15 is 0 Å². The summed E-state index contributed by atoms with van der Waals surface area (Å²) < 4.78 is 0.658. The van der Waals surface area contributed by atoms with Crippen molar-refractivity contribution in [2.24, 2.45) is 0 Å². The van der Waals surface area contributed by atoms with Crippen molar-refractivity contribution in [1.82, 2.24) is 4.90 Å². The van der Waals surface area contributed by atoms with E-state index < -0.39 is 0 Å². The number of likely N-dealkylation sites (tertiary alicyclic amines) is 1. The largest absolute Gasteiger partial charge is 0.338 e. The lowest BCUT2D eigenvalue weighted by Gasteiger charge is -2.28. The predicted molar refractivity (Wildman–Crippen MR) is 64.1 cm³/mol. The Morgan fingerprint density at radius 2 is 2.07 bits per heavy atom. The molecule has 0 aromatic carbocycles. The fourth-order valence-corrected chi connectivity index (χ4v) is 2.84. The summed E-state index contributed by atoms with van der Waals surface area (Å²) in [6, 6.07) is 3.54. The van der Waals surface area contributed by atoms with E-state index in [1.807, 2.05) is 4.90 Å². The van der Waals surface area contributed by atoms with E-state index in [1.54, 1.807) is 12.1 Å². The maximum Gasteiger partial charge on any atom is 0.263 e. The number of halogens is 2. The molecule has 82 valence electrons. The van der Waals surface area contributed by atoms with Crippen molar-refractivity contribution < 1.29 is 4.79 Å². The Morgan fingerprint density at radius 1 is 1.40 bits per heavy atom. The highest BCUT2D eigenvalue weighted by Crippen LogP contribution is 2.24. The fraction of sp³-hybridized carbons (Fsp3) is 0.500. The van der Waals surface area contributed by atoms with Gasteiger partial charge in [-0.15, -0.1) is 22.9 Å². The number of piperidine rings is 1. The number of amides is 1. The number of hydrogen-bond acceptors (Lipinski definition) is 2. The molecule has 15 heavy (non-hydrogen) atoms. The second-order valence-corrected chi connectivity index (χ2v) is 5.90. The lowest BCUT2D eigenvalue weighted by atomic mass is 10.1. The number of nitrogens with zero attached hydrogens (tertiary/aromatic N) is 1. The Kier molecular flexibility index (Phi) is 3.54. The third-order valence-electron chi connectivity index (χ3n) is 2.50. The number of carbonyl (C=O) groups is 1. The maximum atomic E-state index is 12.0. The van der Waals surface area contributed by atoms with Gasteiger partial charge in [-0.3, -0.25) is 4.79 Å². The topological polar surface area (TPSA) is 20.3 Å². The van der Waals surface area contributed by atoms with Gasteiger partial charge in [-0.25, -0.2) is 0 Å². The Labute approximate surface area is 103 Å². The molecule has 0 radical (unpaired) electrons. The molecule has 1 aromatic rings.